The largest absolute Gasteiger partial charge is 0.469 e. The van der Waals surface area contributed by atoms with Gasteiger partial charge in [-0.05, 0) is 37.4 Å². The number of para-hydroxylation sites is 1. The summed E-state index contributed by atoms with van der Waals surface area (Å²) in [5.74, 6) is -0.946. The molecular formula is C25H33N10O8P. The lowest BCUT2D eigenvalue weighted by molar-refractivity contribution is -0.144. The van der Waals surface area contributed by atoms with Crippen molar-refractivity contribution in [3.05, 3.63) is 46.6 Å². The zero-order valence-corrected chi connectivity index (χ0v) is 25.1. The van der Waals surface area contributed by atoms with E-state index in [9.17, 15) is 19.7 Å². The van der Waals surface area contributed by atoms with Crippen LogP contribution in [0.5, 0.6) is 5.75 Å². The lowest BCUT2D eigenvalue weighted by Crippen LogP contribution is -2.36. The van der Waals surface area contributed by atoms with Gasteiger partial charge in [0, 0.05) is 17.8 Å². The van der Waals surface area contributed by atoms with Crippen LogP contribution in [0.3, 0.4) is 0 Å². The van der Waals surface area contributed by atoms with Gasteiger partial charge in [0.15, 0.2) is 11.5 Å². The molecule has 1 aromatic carbocycles. The quantitative estimate of drug-likeness (QED) is 0.0759. The number of azide groups is 1. The van der Waals surface area contributed by atoms with Crippen LogP contribution < -0.4 is 21.1 Å². The zero-order chi connectivity index (χ0) is 31.9. The van der Waals surface area contributed by atoms with E-state index in [0.717, 1.165) is 0 Å². The molecule has 0 saturated carbocycles. The molecule has 0 aliphatic carbocycles. The topological polar surface area (TPSA) is 254 Å². The van der Waals surface area contributed by atoms with E-state index in [-0.39, 0.29) is 50.0 Å². The van der Waals surface area contributed by atoms with Crippen LogP contribution in [-0.2, 0) is 39.3 Å². The number of benzene rings is 1. The Labute approximate surface area is 251 Å². The van der Waals surface area contributed by atoms with Crippen LogP contribution in [0.15, 0.2) is 35.7 Å². The molecule has 44 heavy (non-hydrogen) atoms. The number of nitrogens with one attached hydrogen (secondary N) is 1. The third kappa shape index (κ3) is 7.72. The first-order valence-electron chi connectivity index (χ1n) is 13.6. The number of nitrogens with zero attached hydrogens (tertiary/aromatic N) is 7. The van der Waals surface area contributed by atoms with Crippen molar-refractivity contribution < 1.29 is 37.4 Å². The lowest BCUT2D eigenvalue weighted by Gasteiger charge is -2.25. The fourth-order valence-corrected chi connectivity index (χ4v) is 6.02. The molecule has 3 aromatic rings. The minimum atomic E-state index is -4.34. The van der Waals surface area contributed by atoms with E-state index < -0.39 is 44.1 Å². The van der Waals surface area contributed by atoms with E-state index in [4.69, 9.17) is 34.7 Å². The van der Waals surface area contributed by atoms with Crippen molar-refractivity contribution in [2.45, 2.75) is 57.5 Å². The van der Waals surface area contributed by atoms with Crippen molar-refractivity contribution in [3.8, 4) is 5.75 Å². The number of aromatic nitrogens is 4. The highest BCUT2D eigenvalue weighted by Crippen LogP contribution is 2.47. The predicted molar refractivity (Wildman–Crippen MR) is 156 cm³/mol. The van der Waals surface area contributed by atoms with E-state index in [2.05, 4.69) is 30.1 Å². The second-order valence-corrected chi connectivity index (χ2v) is 11.3. The second kappa shape index (κ2) is 14.3. The standard InChI is InChI=1S/C25H33N10O8P/c1-4-40-24(37)14(2)33-44(38,43-17-8-6-5-7-15(17)9-10-20(36)39-3)41-12-18-16(32-34-28)11-19(42-18)35-13-29-21-22(26)30-25(27)31-23(21)35/h5-8,13-14,16,18-19H,4,9-12H2,1-3H3,(H,33,38)(H4,26,27,30,31)/t14-,16+,18-,19-,44?/m1/s1. The van der Waals surface area contributed by atoms with Gasteiger partial charge in [0.25, 0.3) is 0 Å². The molecule has 3 heterocycles. The van der Waals surface area contributed by atoms with Crippen LogP contribution in [0.25, 0.3) is 21.6 Å². The molecule has 19 heteroatoms. The number of nitrogens with two attached hydrogens (primary N) is 2. The first kappa shape index (κ1) is 32.4. The molecule has 0 radical (unpaired) electrons. The van der Waals surface area contributed by atoms with Crippen molar-refractivity contribution in [2.75, 3.05) is 31.8 Å². The molecule has 0 spiro atoms. The third-order valence-corrected chi connectivity index (χ3v) is 8.23. The Hall–Kier alpha value is -4.47. The van der Waals surface area contributed by atoms with Crippen molar-refractivity contribution in [3.63, 3.8) is 0 Å². The van der Waals surface area contributed by atoms with E-state index in [1.165, 1.54) is 20.4 Å². The highest BCUT2D eigenvalue weighted by Gasteiger charge is 2.40. The van der Waals surface area contributed by atoms with Gasteiger partial charge in [0.05, 0.1) is 38.8 Å². The van der Waals surface area contributed by atoms with E-state index in [0.29, 0.717) is 16.7 Å². The van der Waals surface area contributed by atoms with Crippen LogP contribution >= 0.6 is 7.75 Å². The number of aryl methyl sites for hydroxylation is 1. The first-order chi connectivity index (χ1) is 21.1. The number of nitrogen functional groups attached to an aromatic ring is 2. The van der Waals surface area contributed by atoms with Crippen LogP contribution in [0.4, 0.5) is 11.8 Å². The molecule has 0 amide bonds. The number of hydrogen-bond acceptors (Lipinski definition) is 14. The molecule has 1 fully saturated rings. The van der Waals surface area contributed by atoms with Gasteiger partial charge < -0.3 is 30.2 Å². The van der Waals surface area contributed by atoms with Crippen LogP contribution in [-0.4, -0.2) is 70.0 Å². The number of anilines is 2. The molecule has 18 nitrogen and oxygen atoms in total. The molecule has 236 valence electrons. The SMILES string of the molecule is CCOC(=O)[C@@H](C)NP(=O)(OC[C@H]1O[C@@H](n2cnc3c(N)nc(N)nc32)C[C@@H]1N=[N+]=[N-])Oc1ccccc1CCC(=O)OC. The maximum absolute atomic E-state index is 14.2. The van der Waals surface area contributed by atoms with Gasteiger partial charge in [-0.1, -0.05) is 23.3 Å². The summed E-state index contributed by atoms with van der Waals surface area (Å²) < 4.78 is 43.3. The summed E-state index contributed by atoms with van der Waals surface area (Å²) in [5, 5.41) is 6.43. The molecule has 0 bridgehead atoms. The molecule has 1 unspecified atom stereocenters. The highest BCUT2D eigenvalue weighted by molar-refractivity contribution is 7.52. The Balaban J connectivity index is 1.57. The number of hydrogen-bond donors (Lipinski definition) is 3. The number of fused-ring (bicyclic) bond motifs is 1. The van der Waals surface area contributed by atoms with Crippen molar-refractivity contribution in [1.82, 2.24) is 24.6 Å². The summed E-state index contributed by atoms with van der Waals surface area (Å²) in [6, 6.07) is 4.76. The number of methoxy groups -OCH3 is 1. The maximum Gasteiger partial charge on any atom is 0.459 e. The second-order valence-electron chi connectivity index (χ2n) is 9.60. The summed E-state index contributed by atoms with van der Waals surface area (Å²) >= 11 is 0. The third-order valence-electron chi connectivity index (χ3n) is 6.60. The number of imidazole rings is 1. The highest BCUT2D eigenvalue weighted by atomic mass is 31.2. The van der Waals surface area contributed by atoms with Crippen LogP contribution in [0.2, 0.25) is 0 Å². The smallest absolute Gasteiger partial charge is 0.459 e. The average molecular weight is 633 g/mol. The number of esters is 2. The van der Waals surface area contributed by atoms with Crippen molar-refractivity contribution in [1.29, 1.82) is 0 Å². The normalized spacial score (nSPS) is 19.9. The van der Waals surface area contributed by atoms with E-state index >= 15 is 0 Å². The van der Waals surface area contributed by atoms with Gasteiger partial charge in [-0.25, -0.2) is 9.55 Å². The Kier molecular flexibility index (Phi) is 10.6. The Bertz CT molecular complexity index is 1600. The monoisotopic (exact) mass is 632 g/mol. The minimum absolute atomic E-state index is 0.0466. The van der Waals surface area contributed by atoms with E-state index in [1.54, 1.807) is 35.8 Å². The average Bonchev–Trinajstić information content (AvgIpc) is 3.59. The van der Waals surface area contributed by atoms with Gasteiger partial charge in [0.1, 0.15) is 23.5 Å². The molecule has 1 saturated heterocycles. The summed E-state index contributed by atoms with van der Waals surface area (Å²) in [7, 11) is -3.06. The lowest BCUT2D eigenvalue weighted by atomic mass is 10.1. The van der Waals surface area contributed by atoms with E-state index in [1.807, 2.05) is 0 Å². The first-order valence-corrected chi connectivity index (χ1v) is 15.1. The summed E-state index contributed by atoms with van der Waals surface area (Å²) in [6.07, 6.45) is 0.254. The summed E-state index contributed by atoms with van der Waals surface area (Å²) in [5.41, 5.74) is 22.1. The molecule has 2 aromatic heterocycles. The molecule has 5 N–H and O–H groups in total. The predicted octanol–water partition coefficient (Wildman–Crippen LogP) is 2.81. The van der Waals surface area contributed by atoms with Gasteiger partial charge >= 0.3 is 19.7 Å². The Morgan fingerprint density at radius 3 is 2.82 bits per heavy atom. The Morgan fingerprint density at radius 1 is 1.32 bits per heavy atom. The molecule has 4 rings (SSSR count). The van der Waals surface area contributed by atoms with Crippen molar-refractivity contribution in [2.24, 2.45) is 5.11 Å². The molecule has 1 aliphatic heterocycles. The Morgan fingerprint density at radius 2 is 2.09 bits per heavy atom. The summed E-state index contributed by atoms with van der Waals surface area (Å²) in [4.78, 5) is 39.4. The van der Waals surface area contributed by atoms with Crippen molar-refractivity contribution >= 4 is 42.6 Å². The van der Waals surface area contributed by atoms with Crippen LogP contribution in [0.1, 0.15) is 38.5 Å². The maximum atomic E-state index is 14.2. The number of rotatable bonds is 14. The molecule has 1 aliphatic rings. The van der Waals surface area contributed by atoms with Gasteiger partial charge in [-0.3, -0.25) is 18.7 Å². The fourth-order valence-electron chi connectivity index (χ4n) is 4.48. The fraction of sp³-hybridized carbons (Fsp3) is 0.480. The number of carbonyl (C=O) groups is 2. The number of carbonyl (C=O) groups excluding carboxylic acids is 2. The summed E-state index contributed by atoms with van der Waals surface area (Å²) in [6.45, 7) is 2.80. The minimum Gasteiger partial charge on any atom is -0.469 e. The number of ether oxygens (including phenoxy) is 3. The molecule has 5 atom stereocenters. The van der Waals surface area contributed by atoms with Crippen LogP contribution in [0, 0.1) is 0 Å². The zero-order valence-electron chi connectivity index (χ0n) is 24.2. The van der Waals surface area contributed by atoms with Gasteiger partial charge in [0.2, 0.25) is 5.95 Å². The molecular weight excluding hydrogens is 599 g/mol. The van der Waals surface area contributed by atoms with Gasteiger partial charge in [-0.15, -0.1) is 0 Å². The van der Waals surface area contributed by atoms with Gasteiger partial charge in [-0.2, -0.15) is 15.1 Å².